The maximum atomic E-state index is 3.81. The van der Waals surface area contributed by atoms with Gasteiger partial charge in [-0.1, -0.05) is 20.3 Å². The summed E-state index contributed by atoms with van der Waals surface area (Å²) in [5.41, 5.74) is 0. The molecule has 0 radical (unpaired) electrons. The molecule has 3 atom stereocenters. The van der Waals surface area contributed by atoms with Gasteiger partial charge in [-0.15, -0.1) is 0 Å². The Morgan fingerprint density at radius 2 is 2.17 bits per heavy atom. The van der Waals surface area contributed by atoms with Crippen LogP contribution in [-0.2, 0) is 0 Å². The van der Waals surface area contributed by atoms with Crippen LogP contribution < -0.4 is 5.32 Å². The van der Waals surface area contributed by atoms with E-state index in [4.69, 9.17) is 0 Å². The molecule has 1 aliphatic heterocycles. The summed E-state index contributed by atoms with van der Waals surface area (Å²) in [6, 6.07) is 1.56. The van der Waals surface area contributed by atoms with Crippen molar-refractivity contribution in [2.45, 2.75) is 51.6 Å². The summed E-state index contributed by atoms with van der Waals surface area (Å²) >= 11 is 1.98. The lowest BCUT2D eigenvalue weighted by Crippen LogP contribution is -2.59. The zero-order chi connectivity index (χ0) is 13.0. The lowest BCUT2D eigenvalue weighted by Gasteiger charge is -2.42. The zero-order valence-electron chi connectivity index (χ0n) is 12.3. The van der Waals surface area contributed by atoms with Crippen molar-refractivity contribution in [2.24, 2.45) is 11.8 Å². The summed E-state index contributed by atoms with van der Waals surface area (Å²) < 4.78 is 0. The van der Waals surface area contributed by atoms with Crippen LogP contribution in [0.25, 0.3) is 0 Å². The molecule has 1 aliphatic carbocycles. The first-order chi connectivity index (χ1) is 8.76. The molecule has 1 saturated heterocycles. The molecule has 1 saturated carbocycles. The second-order valence-electron chi connectivity index (χ2n) is 6.15. The molecule has 3 heteroatoms. The quantitative estimate of drug-likeness (QED) is 0.716. The molecule has 18 heavy (non-hydrogen) atoms. The van der Waals surface area contributed by atoms with Gasteiger partial charge in [-0.3, -0.25) is 4.90 Å². The average molecular weight is 270 g/mol. The molecule has 3 unspecified atom stereocenters. The lowest BCUT2D eigenvalue weighted by molar-refractivity contribution is 0.0965. The molecular formula is C15H30N2S. The standard InChI is InChI=1S/C15H30N2S/c1-4-12(2)14-11-17(8-5-9-18-3)15(10-16-14)13-6-7-13/h12-16H,4-11H2,1-3H3. The highest BCUT2D eigenvalue weighted by atomic mass is 32.2. The number of rotatable bonds is 7. The molecule has 0 aromatic carbocycles. The molecule has 0 bridgehead atoms. The monoisotopic (exact) mass is 270 g/mol. The third-order valence-corrected chi connectivity index (χ3v) is 5.48. The second kappa shape index (κ2) is 7.16. The number of nitrogens with zero attached hydrogens (tertiary/aromatic N) is 1. The number of nitrogens with one attached hydrogen (secondary N) is 1. The topological polar surface area (TPSA) is 15.3 Å². The molecule has 1 heterocycles. The first kappa shape index (κ1) is 14.7. The summed E-state index contributed by atoms with van der Waals surface area (Å²) in [4.78, 5) is 2.81. The Morgan fingerprint density at radius 1 is 1.39 bits per heavy atom. The maximum absolute atomic E-state index is 3.81. The van der Waals surface area contributed by atoms with E-state index in [9.17, 15) is 0 Å². The molecule has 2 fully saturated rings. The Hall–Kier alpha value is 0.270. The van der Waals surface area contributed by atoms with Gasteiger partial charge in [0.05, 0.1) is 0 Å². The third kappa shape index (κ3) is 3.88. The maximum Gasteiger partial charge on any atom is 0.0249 e. The van der Waals surface area contributed by atoms with Gasteiger partial charge >= 0.3 is 0 Å². The number of piperazine rings is 1. The minimum absolute atomic E-state index is 0.722. The van der Waals surface area contributed by atoms with Crippen molar-refractivity contribution >= 4 is 11.8 Å². The van der Waals surface area contributed by atoms with Crippen LogP contribution in [0.3, 0.4) is 0 Å². The highest BCUT2D eigenvalue weighted by Crippen LogP contribution is 2.36. The Balaban J connectivity index is 1.85. The average Bonchev–Trinajstić information content (AvgIpc) is 3.22. The van der Waals surface area contributed by atoms with E-state index in [1.807, 2.05) is 11.8 Å². The van der Waals surface area contributed by atoms with Crippen LogP contribution >= 0.6 is 11.8 Å². The smallest absolute Gasteiger partial charge is 0.0249 e. The van der Waals surface area contributed by atoms with E-state index in [1.165, 1.54) is 51.1 Å². The van der Waals surface area contributed by atoms with Crippen molar-refractivity contribution in [1.29, 1.82) is 0 Å². The number of thioether (sulfide) groups is 1. The van der Waals surface area contributed by atoms with Crippen LogP contribution in [0.2, 0.25) is 0 Å². The van der Waals surface area contributed by atoms with Gasteiger partial charge in [-0.05, 0) is 49.7 Å². The van der Waals surface area contributed by atoms with Crippen molar-refractivity contribution < 1.29 is 0 Å². The number of hydrogen-bond donors (Lipinski definition) is 1. The fourth-order valence-electron chi connectivity index (χ4n) is 3.13. The van der Waals surface area contributed by atoms with Crippen LogP contribution in [0, 0.1) is 11.8 Å². The predicted molar refractivity (Wildman–Crippen MR) is 82.3 cm³/mol. The van der Waals surface area contributed by atoms with Gasteiger partial charge in [0.25, 0.3) is 0 Å². The van der Waals surface area contributed by atoms with E-state index in [2.05, 4.69) is 30.3 Å². The van der Waals surface area contributed by atoms with Gasteiger partial charge in [0.15, 0.2) is 0 Å². The molecule has 0 aromatic rings. The Labute approximate surface area is 117 Å². The molecule has 2 aliphatic rings. The summed E-state index contributed by atoms with van der Waals surface area (Å²) in [6.45, 7) is 8.55. The molecule has 0 amide bonds. The molecular weight excluding hydrogens is 240 g/mol. The zero-order valence-corrected chi connectivity index (χ0v) is 13.1. The molecule has 1 N–H and O–H groups in total. The first-order valence-electron chi connectivity index (χ1n) is 7.72. The van der Waals surface area contributed by atoms with Crippen molar-refractivity contribution in [2.75, 3.05) is 31.6 Å². The third-order valence-electron chi connectivity index (χ3n) is 4.78. The predicted octanol–water partition coefficient (Wildman–Crippen LogP) is 2.84. The molecule has 2 rings (SSSR count). The van der Waals surface area contributed by atoms with E-state index in [0.717, 1.165) is 23.9 Å². The van der Waals surface area contributed by atoms with Gasteiger partial charge in [-0.25, -0.2) is 0 Å². The van der Waals surface area contributed by atoms with Crippen LogP contribution in [0.1, 0.15) is 39.5 Å². The Kier molecular flexibility index (Phi) is 5.84. The fourth-order valence-corrected chi connectivity index (χ4v) is 3.55. The van der Waals surface area contributed by atoms with Crippen molar-refractivity contribution in [3.63, 3.8) is 0 Å². The van der Waals surface area contributed by atoms with Crippen LogP contribution in [0.15, 0.2) is 0 Å². The van der Waals surface area contributed by atoms with Crippen LogP contribution in [-0.4, -0.2) is 48.6 Å². The molecule has 0 spiro atoms. The van der Waals surface area contributed by atoms with Crippen molar-refractivity contribution in [1.82, 2.24) is 10.2 Å². The Morgan fingerprint density at radius 3 is 2.78 bits per heavy atom. The highest BCUT2D eigenvalue weighted by molar-refractivity contribution is 7.98. The SMILES string of the molecule is CCC(C)C1CN(CCCSC)C(C2CC2)CN1. The van der Waals surface area contributed by atoms with E-state index < -0.39 is 0 Å². The summed E-state index contributed by atoms with van der Waals surface area (Å²) in [5, 5.41) is 3.81. The van der Waals surface area contributed by atoms with Gasteiger partial charge in [0.2, 0.25) is 0 Å². The number of hydrogen-bond acceptors (Lipinski definition) is 3. The summed E-state index contributed by atoms with van der Waals surface area (Å²) in [7, 11) is 0. The molecule has 106 valence electrons. The molecule has 2 nitrogen and oxygen atoms in total. The minimum atomic E-state index is 0.722. The highest BCUT2D eigenvalue weighted by Gasteiger charge is 2.39. The van der Waals surface area contributed by atoms with Crippen molar-refractivity contribution in [3.05, 3.63) is 0 Å². The van der Waals surface area contributed by atoms with Gasteiger partial charge in [-0.2, -0.15) is 11.8 Å². The normalized spacial score (nSPS) is 31.5. The van der Waals surface area contributed by atoms with Crippen LogP contribution in [0.5, 0.6) is 0 Å². The van der Waals surface area contributed by atoms with Crippen molar-refractivity contribution in [3.8, 4) is 0 Å². The fraction of sp³-hybridized carbons (Fsp3) is 1.00. The summed E-state index contributed by atoms with van der Waals surface area (Å²) in [6.07, 6.45) is 7.82. The Bertz CT molecular complexity index is 243. The summed E-state index contributed by atoms with van der Waals surface area (Å²) in [5.74, 6) is 3.13. The van der Waals surface area contributed by atoms with Gasteiger partial charge in [0.1, 0.15) is 0 Å². The van der Waals surface area contributed by atoms with E-state index in [1.54, 1.807) is 0 Å². The van der Waals surface area contributed by atoms with E-state index in [-0.39, 0.29) is 0 Å². The first-order valence-corrected chi connectivity index (χ1v) is 9.12. The van der Waals surface area contributed by atoms with Gasteiger partial charge in [0, 0.05) is 25.2 Å². The van der Waals surface area contributed by atoms with Crippen LogP contribution in [0.4, 0.5) is 0 Å². The largest absolute Gasteiger partial charge is 0.311 e. The van der Waals surface area contributed by atoms with Gasteiger partial charge < -0.3 is 5.32 Å². The molecule has 0 aromatic heterocycles. The lowest BCUT2D eigenvalue weighted by atomic mass is 9.94. The van der Waals surface area contributed by atoms with E-state index >= 15 is 0 Å². The van der Waals surface area contributed by atoms with E-state index in [0.29, 0.717) is 0 Å². The minimum Gasteiger partial charge on any atom is -0.311 e. The second-order valence-corrected chi connectivity index (χ2v) is 7.13.